The van der Waals surface area contributed by atoms with Crippen LogP contribution < -0.4 is 5.32 Å². The summed E-state index contributed by atoms with van der Waals surface area (Å²) in [6.07, 6.45) is 5.10. The van der Waals surface area contributed by atoms with Crippen molar-refractivity contribution in [2.75, 3.05) is 13.1 Å². The molecule has 1 aliphatic carbocycles. The van der Waals surface area contributed by atoms with Crippen LogP contribution in [0.5, 0.6) is 0 Å². The molecule has 2 aromatic rings. The van der Waals surface area contributed by atoms with Crippen LogP contribution in [-0.2, 0) is 4.79 Å². The van der Waals surface area contributed by atoms with E-state index in [4.69, 9.17) is 0 Å². The minimum absolute atomic E-state index is 0.0428. The third-order valence-corrected chi connectivity index (χ3v) is 4.91. The number of hydrogen-bond acceptors (Lipinski definition) is 7. The van der Waals surface area contributed by atoms with Crippen LogP contribution in [0.3, 0.4) is 0 Å². The van der Waals surface area contributed by atoms with Gasteiger partial charge in [0.1, 0.15) is 5.52 Å². The highest BCUT2D eigenvalue weighted by atomic mass is 32.1. The minimum atomic E-state index is -0.259. The smallest absolute Gasteiger partial charge is 0.262 e. The van der Waals surface area contributed by atoms with Crippen LogP contribution in [-0.4, -0.2) is 49.6 Å². The van der Waals surface area contributed by atoms with Crippen LogP contribution in [0, 0.1) is 5.92 Å². The molecule has 1 unspecified atom stereocenters. The molecular formula is C15H17N5O2S. The molecule has 23 heavy (non-hydrogen) atoms. The number of hydrogen-bond donors (Lipinski definition) is 1. The number of nitrogens with zero attached hydrogens (tertiary/aromatic N) is 4. The second-order valence-electron chi connectivity index (χ2n) is 6.12. The summed E-state index contributed by atoms with van der Waals surface area (Å²) in [5.41, 5.74) is 1.55. The number of pyridine rings is 1. The number of carbonyl (C=O) groups excluding carboxylic acids is 2. The monoisotopic (exact) mass is 331 g/mol. The fraction of sp³-hybridized carbons (Fsp3) is 0.533. The van der Waals surface area contributed by atoms with Gasteiger partial charge in [-0.05, 0) is 38.3 Å². The van der Waals surface area contributed by atoms with E-state index in [9.17, 15) is 9.59 Å². The standard InChI is InChI=1S/C15H17N5O2S/c21-14(9-2-1-5-16-7-9)20(11-3-4-11)15(22)10-6-12-13(17-8-10)19-23-18-12/h6,8-9,11,16H,1-5,7H2. The number of aromatic nitrogens is 3. The highest BCUT2D eigenvalue weighted by Gasteiger charge is 2.40. The number of nitrogens with one attached hydrogen (secondary N) is 1. The Balaban J connectivity index is 1.61. The van der Waals surface area contributed by atoms with Gasteiger partial charge in [-0.3, -0.25) is 14.5 Å². The molecule has 1 saturated heterocycles. The van der Waals surface area contributed by atoms with Crippen molar-refractivity contribution in [1.82, 2.24) is 23.9 Å². The molecule has 0 spiro atoms. The molecule has 1 saturated carbocycles. The quantitative estimate of drug-likeness (QED) is 0.851. The van der Waals surface area contributed by atoms with Gasteiger partial charge in [-0.15, -0.1) is 0 Å². The molecule has 4 rings (SSSR count). The number of fused-ring (bicyclic) bond motifs is 1. The number of rotatable bonds is 3. The zero-order valence-corrected chi connectivity index (χ0v) is 13.4. The third-order valence-electron chi connectivity index (χ3n) is 4.38. The van der Waals surface area contributed by atoms with Gasteiger partial charge in [-0.1, -0.05) is 0 Å². The predicted molar refractivity (Wildman–Crippen MR) is 85.0 cm³/mol. The first kappa shape index (κ1) is 14.6. The Morgan fingerprint density at radius 2 is 2.13 bits per heavy atom. The molecule has 1 atom stereocenters. The Morgan fingerprint density at radius 1 is 1.26 bits per heavy atom. The lowest BCUT2D eigenvalue weighted by atomic mass is 9.97. The van der Waals surface area contributed by atoms with Crippen molar-refractivity contribution in [3.63, 3.8) is 0 Å². The lowest BCUT2D eigenvalue weighted by molar-refractivity contribution is -0.133. The van der Waals surface area contributed by atoms with Crippen LogP contribution in [0.4, 0.5) is 0 Å². The summed E-state index contributed by atoms with van der Waals surface area (Å²) >= 11 is 1.07. The highest BCUT2D eigenvalue weighted by Crippen LogP contribution is 2.31. The number of carbonyl (C=O) groups is 2. The SMILES string of the molecule is O=C(c1cnc2nsnc2c1)N(C(=O)C1CCCNC1)C1CC1. The second-order valence-corrected chi connectivity index (χ2v) is 6.65. The second kappa shape index (κ2) is 5.93. The molecule has 8 heteroatoms. The fourth-order valence-electron chi connectivity index (χ4n) is 2.98. The van der Waals surface area contributed by atoms with E-state index in [1.165, 1.54) is 11.1 Å². The molecule has 0 radical (unpaired) electrons. The largest absolute Gasteiger partial charge is 0.316 e. The summed E-state index contributed by atoms with van der Waals surface area (Å²) in [6, 6.07) is 1.72. The lowest BCUT2D eigenvalue weighted by Crippen LogP contribution is -2.46. The highest BCUT2D eigenvalue weighted by molar-refractivity contribution is 7.00. The Hall–Kier alpha value is -1.93. The molecule has 0 bridgehead atoms. The molecule has 3 heterocycles. The van der Waals surface area contributed by atoms with E-state index < -0.39 is 0 Å². The van der Waals surface area contributed by atoms with Gasteiger partial charge in [0.2, 0.25) is 5.91 Å². The minimum Gasteiger partial charge on any atom is -0.316 e. The van der Waals surface area contributed by atoms with E-state index in [1.807, 2.05) is 0 Å². The van der Waals surface area contributed by atoms with Gasteiger partial charge < -0.3 is 5.32 Å². The summed E-state index contributed by atoms with van der Waals surface area (Å²) in [5, 5.41) is 3.24. The fourth-order valence-corrected chi connectivity index (χ4v) is 3.46. The first-order valence-corrected chi connectivity index (χ1v) is 8.63. The summed E-state index contributed by atoms with van der Waals surface area (Å²) in [6.45, 7) is 1.60. The van der Waals surface area contributed by atoms with Crippen LogP contribution in [0.1, 0.15) is 36.0 Å². The van der Waals surface area contributed by atoms with Crippen molar-refractivity contribution >= 4 is 34.7 Å². The molecule has 0 aromatic carbocycles. The molecule has 2 aliphatic rings. The van der Waals surface area contributed by atoms with Crippen molar-refractivity contribution in [3.8, 4) is 0 Å². The van der Waals surface area contributed by atoms with Crippen molar-refractivity contribution in [1.29, 1.82) is 0 Å². The number of imide groups is 1. The lowest BCUT2D eigenvalue weighted by Gasteiger charge is -2.28. The van der Waals surface area contributed by atoms with Crippen molar-refractivity contribution in [3.05, 3.63) is 17.8 Å². The maximum absolute atomic E-state index is 12.9. The van der Waals surface area contributed by atoms with E-state index in [1.54, 1.807) is 6.07 Å². The Bertz CT molecular complexity index is 751. The first-order valence-electron chi connectivity index (χ1n) is 7.90. The Morgan fingerprint density at radius 3 is 2.87 bits per heavy atom. The summed E-state index contributed by atoms with van der Waals surface area (Å²) < 4.78 is 8.16. The predicted octanol–water partition coefficient (Wildman–Crippen LogP) is 1.22. The molecule has 2 aromatic heterocycles. The van der Waals surface area contributed by atoms with Gasteiger partial charge in [-0.2, -0.15) is 8.75 Å². The van der Waals surface area contributed by atoms with E-state index in [0.717, 1.165) is 44.0 Å². The Kier molecular flexibility index (Phi) is 3.78. The van der Waals surface area contributed by atoms with Gasteiger partial charge in [-0.25, -0.2) is 4.98 Å². The van der Waals surface area contributed by atoms with Gasteiger partial charge in [0.05, 0.1) is 23.2 Å². The average Bonchev–Trinajstić information content (AvgIpc) is 3.31. The van der Waals surface area contributed by atoms with E-state index >= 15 is 0 Å². The maximum atomic E-state index is 12.9. The van der Waals surface area contributed by atoms with Crippen molar-refractivity contribution in [2.45, 2.75) is 31.7 Å². The van der Waals surface area contributed by atoms with Gasteiger partial charge in [0.25, 0.3) is 5.91 Å². The summed E-state index contributed by atoms with van der Waals surface area (Å²) in [4.78, 5) is 31.3. The third kappa shape index (κ3) is 2.84. The number of piperidine rings is 1. The summed E-state index contributed by atoms with van der Waals surface area (Å²) in [7, 11) is 0. The van der Waals surface area contributed by atoms with E-state index in [2.05, 4.69) is 19.0 Å². The molecule has 1 aliphatic heterocycles. The van der Waals surface area contributed by atoms with Crippen molar-refractivity contribution < 1.29 is 9.59 Å². The van der Waals surface area contributed by atoms with E-state index in [0.29, 0.717) is 23.3 Å². The molecule has 2 fully saturated rings. The van der Waals surface area contributed by atoms with Crippen LogP contribution in [0.15, 0.2) is 12.3 Å². The van der Waals surface area contributed by atoms with Gasteiger partial charge in [0.15, 0.2) is 5.65 Å². The van der Waals surface area contributed by atoms with Gasteiger partial charge in [0, 0.05) is 18.8 Å². The van der Waals surface area contributed by atoms with Gasteiger partial charge >= 0.3 is 0 Å². The molecule has 2 amide bonds. The van der Waals surface area contributed by atoms with Crippen LogP contribution in [0.25, 0.3) is 11.2 Å². The van der Waals surface area contributed by atoms with Crippen molar-refractivity contribution in [2.24, 2.45) is 5.92 Å². The molecular weight excluding hydrogens is 314 g/mol. The molecule has 7 nitrogen and oxygen atoms in total. The zero-order chi connectivity index (χ0) is 15.8. The average molecular weight is 331 g/mol. The van der Waals surface area contributed by atoms with Crippen LogP contribution >= 0.6 is 11.7 Å². The zero-order valence-electron chi connectivity index (χ0n) is 12.6. The first-order chi connectivity index (χ1) is 11.2. The molecule has 120 valence electrons. The number of amides is 2. The normalized spacial score (nSPS) is 21.3. The Labute approximate surface area is 137 Å². The summed E-state index contributed by atoms with van der Waals surface area (Å²) in [5.74, 6) is -0.419. The maximum Gasteiger partial charge on any atom is 0.262 e. The topological polar surface area (TPSA) is 88.1 Å². The molecule has 1 N–H and O–H groups in total. The van der Waals surface area contributed by atoms with Crippen LogP contribution in [0.2, 0.25) is 0 Å². The van der Waals surface area contributed by atoms with E-state index in [-0.39, 0.29) is 23.8 Å².